The molecule has 2 fully saturated rings. The van der Waals surface area contributed by atoms with Crippen LogP contribution in [0.3, 0.4) is 0 Å². The minimum absolute atomic E-state index is 0.252. The lowest BCUT2D eigenvalue weighted by atomic mass is 10.1. The lowest BCUT2D eigenvalue weighted by Crippen LogP contribution is -2.39. The average molecular weight is 339 g/mol. The van der Waals surface area contributed by atoms with E-state index in [1.54, 1.807) is 0 Å². The third-order valence-corrected chi connectivity index (χ3v) is 5.62. The van der Waals surface area contributed by atoms with Crippen LogP contribution in [0.1, 0.15) is 28.7 Å². The number of anilines is 1. The highest BCUT2D eigenvalue weighted by Gasteiger charge is 2.28. The number of carbonyl (C=O) groups excluding carboxylic acids is 1. The molecule has 0 aliphatic carbocycles. The quantitative estimate of drug-likeness (QED) is 0.763. The van der Waals surface area contributed by atoms with Gasteiger partial charge in [0.1, 0.15) is 4.88 Å². The molecule has 1 unspecified atom stereocenters. The molecule has 0 spiro atoms. The van der Waals surface area contributed by atoms with Crippen LogP contribution < -0.4 is 4.90 Å². The molecule has 1 aromatic heterocycles. The van der Waals surface area contributed by atoms with Crippen LogP contribution in [0, 0.1) is 12.8 Å². The van der Waals surface area contributed by atoms with E-state index >= 15 is 0 Å². The van der Waals surface area contributed by atoms with Gasteiger partial charge in [-0.15, -0.1) is 0 Å². The Hall–Kier alpha value is -1.18. The molecular formula is C16H25N3O3S. The lowest BCUT2D eigenvalue weighted by molar-refractivity contribution is 0.0320. The number of carbonyl (C=O) groups is 1. The van der Waals surface area contributed by atoms with Gasteiger partial charge in [0, 0.05) is 32.7 Å². The molecule has 23 heavy (non-hydrogen) atoms. The monoisotopic (exact) mass is 339 g/mol. The summed E-state index contributed by atoms with van der Waals surface area (Å²) in [6, 6.07) is 0. The van der Waals surface area contributed by atoms with Crippen LogP contribution in [0.25, 0.3) is 0 Å². The first kappa shape index (κ1) is 16.7. The van der Waals surface area contributed by atoms with Crippen LogP contribution in [0.5, 0.6) is 0 Å². The molecule has 2 aliphatic rings. The minimum atomic E-state index is -0.252. The van der Waals surface area contributed by atoms with Gasteiger partial charge in [-0.2, -0.15) is 0 Å². The molecule has 0 saturated carbocycles. The Morgan fingerprint density at radius 2 is 2.17 bits per heavy atom. The van der Waals surface area contributed by atoms with Gasteiger partial charge in [0.2, 0.25) is 0 Å². The topological polar surface area (TPSA) is 54.9 Å². The molecule has 0 amide bonds. The summed E-state index contributed by atoms with van der Waals surface area (Å²) in [7, 11) is 0. The number of hydrogen-bond acceptors (Lipinski definition) is 7. The highest BCUT2D eigenvalue weighted by molar-refractivity contribution is 7.17. The fourth-order valence-electron chi connectivity index (χ4n) is 3.21. The average Bonchev–Trinajstić information content (AvgIpc) is 3.15. The molecule has 128 valence electrons. The zero-order chi connectivity index (χ0) is 16.2. The van der Waals surface area contributed by atoms with E-state index in [0.29, 0.717) is 17.4 Å². The van der Waals surface area contributed by atoms with Crippen molar-refractivity contribution in [3.8, 4) is 0 Å². The molecule has 2 aliphatic heterocycles. The van der Waals surface area contributed by atoms with E-state index in [0.717, 1.165) is 56.8 Å². The maximum absolute atomic E-state index is 11.9. The Bertz CT molecular complexity index is 543. The van der Waals surface area contributed by atoms with Crippen molar-refractivity contribution < 1.29 is 14.3 Å². The Morgan fingerprint density at radius 3 is 2.91 bits per heavy atom. The van der Waals surface area contributed by atoms with Crippen LogP contribution in [0.4, 0.5) is 5.13 Å². The summed E-state index contributed by atoms with van der Waals surface area (Å²) in [5.74, 6) is 0.418. The number of morpholine rings is 1. The molecule has 3 heterocycles. The maximum Gasteiger partial charge on any atom is 0.350 e. The number of nitrogens with zero attached hydrogens (tertiary/aromatic N) is 3. The van der Waals surface area contributed by atoms with Crippen LogP contribution in [0.15, 0.2) is 0 Å². The van der Waals surface area contributed by atoms with Gasteiger partial charge in [0.25, 0.3) is 0 Å². The van der Waals surface area contributed by atoms with E-state index in [2.05, 4.69) is 14.8 Å². The Labute approximate surface area is 141 Å². The van der Waals surface area contributed by atoms with Crippen molar-refractivity contribution in [2.45, 2.75) is 20.3 Å². The Morgan fingerprint density at radius 1 is 1.39 bits per heavy atom. The molecular weight excluding hydrogens is 314 g/mol. The molecule has 3 rings (SSSR count). The van der Waals surface area contributed by atoms with Crippen molar-refractivity contribution in [3.63, 3.8) is 0 Å². The first-order valence-electron chi connectivity index (χ1n) is 8.37. The number of aryl methyl sites for hydroxylation is 1. The van der Waals surface area contributed by atoms with Gasteiger partial charge < -0.3 is 14.4 Å². The van der Waals surface area contributed by atoms with Crippen molar-refractivity contribution >= 4 is 22.4 Å². The SMILES string of the molecule is CCOC(=O)c1sc(N2CCC(CN3CCOCC3)C2)nc1C. The summed E-state index contributed by atoms with van der Waals surface area (Å²) in [5, 5.41) is 0.954. The molecule has 1 atom stereocenters. The van der Waals surface area contributed by atoms with E-state index in [1.807, 2.05) is 13.8 Å². The second-order valence-electron chi connectivity index (χ2n) is 6.15. The third kappa shape index (κ3) is 4.02. The molecule has 0 bridgehead atoms. The number of rotatable bonds is 5. The number of thiazole rings is 1. The number of ether oxygens (including phenoxy) is 2. The summed E-state index contributed by atoms with van der Waals surface area (Å²) in [4.78, 5) is 22.0. The van der Waals surface area contributed by atoms with Crippen LogP contribution in [0.2, 0.25) is 0 Å². The number of hydrogen-bond donors (Lipinski definition) is 0. The second kappa shape index (κ2) is 7.59. The highest BCUT2D eigenvalue weighted by Crippen LogP contribution is 2.31. The number of aromatic nitrogens is 1. The van der Waals surface area contributed by atoms with E-state index in [9.17, 15) is 4.79 Å². The van der Waals surface area contributed by atoms with Crippen molar-refractivity contribution in [2.75, 3.05) is 57.4 Å². The largest absolute Gasteiger partial charge is 0.462 e. The van der Waals surface area contributed by atoms with E-state index in [4.69, 9.17) is 9.47 Å². The van der Waals surface area contributed by atoms with Crippen LogP contribution in [-0.2, 0) is 9.47 Å². The first-order chi connectivity index (χ1) is 11.2. The Kier molecular flexibility index (Phi) is 5.50. The van der Waals surface area contributed by atoms with Gasteiger partial charge in [0.05, 0.1) is 25.5 Å². The van der Waals surface area contributed by atoms with E-state index in [1.165, 1.54) is 17.8 Å². The van der Waals surface area contributed by atoms with Gasteiger partial charge in [-0.1, -0.05) is 11.3 Å². The normalized spacial score (nSPS) is 22.5. The van der Waals surface area contributed by atoms with Crippen molar-refractivity contribution in [1.29, 1.82) is 0 Å². The Balaban J connectivity index is 1.58. The summed E-state index contributed by atoms with van der Waals surface area (Å²) in [5.41, 5.74) is 0.778. The van der Waals surface area contributed by atoms with E-state index < -0.39 is 0 Å². The van der Waals surface area contributed by atoms with Crippen LogP contribution >= 0.6 is 11.3 Å². The van der Waals surface area contributed by atoms with Crippen molar-refractivity contribution in [1.82, 2.24) is 9.88 Å². The molecule has 2 saturated heterocycles. The van der Waals surface area contributed by atoms with Gasteiger partial charge in [0.15, 0.2) is 5.13 Å². The number of esters is 1. The predicted molar refractivity (Wildman–Crippen MR) is 90.4 cm³/mol. The van der Waals surface area contributed by atoms with Crippen LogP contribution in [-0.4, -0.2) is 68.4 Å². The summed E-state index contributed by atoms with van der Waals surface area (Å²) in [6.45, 7) is 11.1. The van der Waals surface area contributed by atoms with Gasteiger partial charge in [-0.3, -0.25) is 4.90 Å². The zero-order valence-electron chi connectivity index (χ0n) is 13.9. The smallest absolute Gasteiger partial charge is 0.350 e. The maximum atomic E-state index is 11.9. The summed E-state index contributed by atoms with van der Waals surface area (Å²) >= 11 is 1.46. The van der Waals surface area contributed by atoms with Gasteiger partial charge >= 0.3 is 5.97 Å². The molecule has 0 N–H and O–H groups in total. The van der Waals surface area contributed by atoms with Crippen molar-refractivity contribution in [3.05, 3.63) is 10.6 Å². The zero-order valence-corrected chi connectivity index (χ0v) is 14.7. The third-order valence-electron chi connectivity index (χ3n) is 4.42. The summed E-state index contributed by atoms with van der Waals surface area (Å²) < 4.78 is 10.5. The fourth-order valence-corrected chi connectivity index (χ4v) is 4.20. The molecule has 0 radical (unpaired) electrons. The predicted octanol–water partition coefficient (Wildman–Crippen LogP) is 1.79. The molecule has 0 aromatic carbocycles. The molecule has 6 nitrogen and oxygen atoms in total. The minimum Gasteiger partial charge on any atom is -0.462 e. The van der Waals surface area contributed by atoms with Gasteiger partial charge in [-0.05, 0) is 26.2 Å². The fraction of sp³-hybridized carbons (Fsp3) is 0.750. The molecule has 1 aromatic rings. The second-order valence-corrected chi connectivity index (χ2v) is 7.12. The van der Waals surface area contributed by atoms with E-state index in [-0.39, 0.29) is 5.97 Å². The lowest BCUT2D eigenvalue weighted by Gasteiger charge is -2.29. The van der Waals surface area contributed by atoms with Crippen molar-refractivity contribution in [2.24, 2.45) is 5.92 Å². The standard InChI is InChI=1S/C16H25N3O3S/c1-3-22-15(20)14-12(2)17-16(23-14)19-5-4-13(11-19)10-18-6-8-21-9-7-18/h13H,3-11H2,1-2H3. The highest BCUT2D eigenvalue weighted by atomic mass is 32.1. The molecule has 7 heteroatoms. The van der Waals surface area contributed by atoms with Gasteiger partial charge in [-0.25, -0.2) is 9.78 Å². The first-order valence-corrected chi connectivity index (χ1v) is 9.18. The summed E-state index contributed by atoms with van der Waals surface area (Å²) in [6.07, 6.45) is 1.19.